The van der Waals surface area contributed by atoms with Crippen molar-refractivity contribution >= 4 is 5.91 Å². The summed E-state index contributed by atoms with van der Waals surface area (Å²) in [6.45, 7) is 7.46. The molecule has 2 aromatic rings. The van der Waals surface area contributed by atoms with Gasteiger partial charge in [0.1, 0.15) is 11.5 Å². The molecule has 1 fully saturated rings. The summed E-state index contributed by atoms with van der Waals surface area (Å²) in [6, 6.07) is 12.2. The Hall–Kier alpha value is -2.27. The van der Waals surface area contributed by atoms with Crippen LogP contribution in [0.1, 0.15) is 40.4 Å². The second-order valence-electron chi connectivity index (χ2n) is 7.70. The standard InChI is InChI=1S/C22H30N4O/c1-17-14-21(24-18(2)23-17)22(27)26(13-11-19-8-5-4-6-9-19)16-20-10-7-12-25(3)15-20/h4-6,8-9,14,20H,7,10-13,15-16H2,1-3H3. The van der Waals surface area contributed by atoms with Crippen molar-refractivity contribution in [3.8, 4) is 0 Å². The number of hydrogen-bond acceptors (Lipinski definition) is 4. The molecule has 0 aliphatic carbocycles. The Labute approximate surface area is 162 Å². The number of aryl methyl sites for hydroxylation is 2. The van der Waals surface area contributed by atoms with Crippen LogP contribution in [0.25, 0.3) is 0 Å². The van der Waals surface area contributed by atoms with Gasteiger partial charge >= 0.3 is 0 Å². The summed E-state index contributed by atoms with van der Waals surface area (Å²) in [7, 11) is 2.17. The molecule has 1 aliphatic heterocycles. The van der Waals surface area contributed by atoms with Gasteiger partial charge in [0.2, 0.25) is 0 Å². The topological polar surface area (TPSA) is 49.3 Å². The van der Waals surface area contributed by atoms with Gasteiger partial charge in [-0.2, -0.15) is 0 Å². The largest absolute Gasteiger partial charge is 0.337 e. The number of carbonyl (C=O) groups excluding carboxylic acids is 1. The molecule has 1 atom stereocenters. The zero-order valence-corrected chi connectivity index (χ0v) is 16.7. The van der Waals surface area contributed by atoms with Crippen molar-refractivity contribution in [2.75, 3.05) is 33.2 Å². The van der Waals surface area contributed by atoms with Crippen LogP contribution in [0.2, 0.25) is 0 Å². The summed E-state index contributed by atoms with van der Waals surface area (Å²) in [5.41, 5.74) is 2.61. The van der Waals surface area contributed by atoms with Crippen LogP contribution < -0.4 is 0 Å². The Bertz CT molecular complexity index is 742. The number of nitrogens with zero attached hydrogens (tertiary/aromatic N) is 4. The minimum atomic E-state index is 0.0211. The van der Waals surface area contributed by atoms with E-state index in [-0.39, 0.29) is 5.91 Å². The van der Waals surface area contributed by atoms with Crippen LogP contribution in [-0.4, -0.2) is 58.9 Å². The lowest BCUT2D eigenvalue weighted by Gasteiger charge is -2.34. The quantitative estimate of drug-likeness (QED) is 0.788. The number of carbonyl (C=O) groups is 1. The average molecular weight is 367 g/mol. The Morgan fingerprint density at radius 3 is 2.70 bits per heavy atom. The highest BCUT2D eigenvalue weighted by Gasteiger charge is 2.24. The molecule has 0 saturated carbocycles. The monoisotopic (exact) mass is 366 g/mol. The van der Waals surface area contributed by atoms with Gasteiger partial charge in [0.05, 0.1) is 0 Å². The molecule has 144 valence electrons. The maximum atomic E-state index is 13.2. The number of amides is 1. The van der Waals surface area contributed by atoms with Crippen LogP contribution in [0.15, 0.2) is 36.4 Å². The average Bonchev–Trinajstić information content (AvgIpc) is 2.64. The maximum absolute atomic E-state index is 13.2. The molecule has 1 aromatic heterocycles. The maximum Gasteiger partial charge on any atom is 0.272 e. The highest BCUT2D eigenvalue weighted by molar-refractivity contribution is 5.92. The third-order valence-corrected chi connectivity index (χ3v) is 5.19. The first kappa shape index (κ1) is 19.5. The van der Waals surface area contributed by atoms with E-state index >= 15 is 0 Å². The first-order valence-electron chi connectivity index (χ1n) is 9.85. The fourth-order valence-corrected chi connectivity index (χ4v) is 3.91. The first-order chi connectivity index (χ1) is 13.0. The Balaban J connectivity index is 1.76. The molecule has 0 bridgehead atoms. The van der Waals surface area contributed by atoms with Crippen LogP contribution in [-0.2, 0) is 6.42 Å². The van der Waals surface area contributed by atoms with Crippen molar-refractivity contribution in [1.82, 2.24) is 19.8 Å². The van der Waals surface area contributed by atoms with Gasteiger partial charge in [-0.25, -0.2) is 9.97 Å². The molecule has 0 spiro atoms. The molecular weight excluding hydrogens is 336 g/mol. The minimum Gasteiger partial charge on any atom is -0.337 e. The second-order valence-corrected chi connectivity index (χ2v) is 7.70. The van der Waals surface area contributed by atoms with Crippen molar-refractivity contribution in [3.05, 3.63) is 59.2 Å². The van der Waals surface area contributed by atoms with Gasteiger partial charge in [0.15, 0.2) is 0 Å². The SMILES string of the molecule is Cc1cc(C(=O)N(CCc2ccccc2)CC2CCCN(C)C2)nc(C)n1. The third-order valence-electron chi connectivity index (χ3n) is 5.19. The smallest absolute Gasteiger partial charge is 0.272 e. The normalized spacial score (nSPS) is 17.7. The van der Waals surface area contributed by atoms with Crippen LogP contribution in [0.4, 0.5) is 0 Å². The van der Waals surface area contributed by atoms with Crippen molar-refractivity contribution in [1.29, 1.82) is 0 Å². The molecule has 1 aliphatic rings. The van der Waals surface area contributed by atoms with Gasteiger partial charge in [0.25, 0.3) is 5.91 Å². The summed E-state index contributed by atoms with van der Waals surface area (Å²) in [4.78, 5) is 26.3. The lowest BCUT2D eigenvalue weighted by molar-refractivity contribution is 0.0687. The lowest BCUT2D eigenvalue weighted by Crippen LogP contribution is -2.42. The zero-order valence-electron chi connectivity index (χ0n) is 16.7. The number of hydrogen-bond donors (Lipinski definition) is 0. The molecule has 1 saturated heterocycles. The van der Waals surface area contributed by atoms with Gasteiger partial charge in [-0.15, -0.1) is 0 Å². The van der Waals surface area contributed by atoms with Crippen LogP contribution in [0.3, 0.4) is 0 Å². The number of likely N-dealkylation sites (tertiary alicyclic amines) is 1. The third kappa shape index (κ3) is 5.60. The predicted molar refractivity (Wildman–Crippen MR) is 108 cm³/mol. The lowest BCUT2D eigenvalue weighted by atomic mass is 9.97. The van der Waals surface area contributed by atoms with Crippen LogP contribution >= 0.6 is 0 Å². The molecule has 3 rings (SSSR count). The van der Waals surface area contributed by atoms with Crippen LogP contribution in [0.5, 0.6) is 0 Å². The van der Waals surface area contributed by atoms with E-state index in [1.54, 1.807) is 6.07 Å². The predicted octanol–water partition coefficient (Wildman–Crippen LogP) is 3.12. The van der Waals surface area contributed by atoms with E-state index < -0.39 is 0 Å². The molecule has 27 heavy (non-hydrogen) atoms. The number of aromatic nitrogens is 2. The fourth-order valence-electron chi connectivity index (χ4n) is 3.91. The van der Waals surface area contributed by atoms with E-state index in [9.17, 15) is 4.79 Å². The van der Waals surface area contributed by atoms with E-state index in [0.717, 1.165) is 31.7 Å². The van der Waals surface area contributed by atoms with E-state index in [2.05, 4.69) is 46.2 Å². The Morgan fingerprint density at radius 1 is 1.22 bits per heavy atom. The van der Waals surface area contributed by atoms with Gasteiger partial charge in [-0.05, 0) is 64.3 Å². The van der Waals surface area contributed by atoms with Gasteiger partial charge < -0.3 is 9.80 Å². The molecule has 1 amide bonds. The minimum absolute atomic E-state index is 0.0211. The molecule has 1 aromatic carbocycles. The number of piperidine rings is 1. The van der Waals surface area contributed by atoms with E-state index in [1.165, 1.54) is 18.4 Å². The molecule has 0 N–H and O–H groups in total. The van der Waals surface area contributed by atoms with Gasteiger partial charge in [0, 0.05) is 25.3 Å². The highest BCUT2D eigenvalue weighted by atomic mass is 16.2. The Kier molecular flexibility index (Phi) is 6.56. The summed E-state index contributed by atoms with van der Waals surface area (Å²) in [6.07, 6.45) is 3.24. The first-order valence-corrected chi connectivity index (χ1v) is 9.85. The number of rotatable bonds is 6. The second kappa shape index (κ2) is 9.09. The van der Waals surface area contributed by atoms with Gasteiger partial charge in [-0.3, -0.25) is 4.79 Å². The summed E-state index contributed by atoms with van der Waals surface area (Å²) < 4.78 is 0. The summed E-state index contributed by atoms with van der Waals surface area (Å²) >= 11 is 0. The molecular formula is C22H30N4O. The fraction of sp³-hybridized carbons (Fsp3) is 0.500. The summed E-state index contributed by atoms with van der Waals surface area (Å²) in [5, 5.41) is 0. The van der Waals surface area contributed by atoms with Crippen molar-refractivity contribution < 1.29 is 4.79 Å². The van der Waals surface area contributed by atoms with E-state index in [0.29, 0.717) is 24.0 Å². The van der Waals surface area contributed by atoms with E-state index in [4.69, 9.17) is 0 Å². The molecule has 5 heteroatoms. The highest BCUT2D eigenvalue weighted by Crippen LogP contribution is 2.18. The van der Waals surface area contributed by atoms with Crippen LogP contribution in [0, 0.1) is 19.8 Å². The molecule has 0 radical (unpaired) electrons. The Morgan fingerprint density at radius 2 is 2.00 bits per heavy atom. The van der Waals surface area contributed by atoms with E-state index in [1.807, 2.05) is 24.8 Å². The molecule has 2 heterocycles. The van der Waals surface area contributed by atoms with Crippen molar-refractivity contribution in [2.45, 2.75) is 33.1 Å². The molecule has 1 unspecified atom stereocenters. The molecule has 5 nitrogen and oxygen atoms in total. The number of benzene rings is 1. The van der Waals surface area contributed by atoms with Crippen molar-refractivity contribution in [2.24, 2.45) is 5.92 Å². The zero-order chi connectivity index (χ0) is 19.2. The van der Waals surface area contributed by atoms with Gasteiger partial charge in [-0.1, -0.05) is 30.3 Å². The van der Waals surface area contributed by atoms with Crippen molar-refractivity contribution in [3.63, 3.8) is 0 Å². The summed E-state index contributed by atoms with van der Waals surface area (Å²) in [5.74, 6) is 1.19.